The summed E-state index contributed by atoms with van der Waals surface area (Å²) in [6, 6.07) is 23.2. The summed E-state index contributed by atoms with van der Waals surface area (Å²) in [7, 11) is 0. The van der Waals surface area contributed by atoms with Crippen LogP contribution < -0.4 is 4.90 Å². The molecular formula is C33H32ClN5O2. The third-order valence-corrected chi connectivity index (χ3v) is 8.17. The van der Waals surface area contributed by atoms with Gasteiger partial charge in [0.05, 0.1) is 11.3 Å². The molecule has 0 unspecified atom stereocenters. The second kappa shape index (κ2) is 11.4. The lowest BCUT2D eigenvalue weighted by Crippen LogP contribution is -2.42. The van der Waals surface area contributed by atoms with E-state index in [1.165, 1.54) is 0 Å². The van der Waals surface area contributed by atoms with Gasteiger partial charge < -0.3 is 10.0 Å². The number of benzene rings is 2. The van der Waals surface area contributed by atoms with E-state index in [0.717, 1.165) is 39.5 Å². The molecule has 0 atom stereocenters. The molecule has 1 saturated heterocycles. The van der Waals surface area contributed by atoms with E-state index in [4.69, 9.17) is 21.7 Å². The summed E-state index contributed by atoms with van der Waals surface area (Å²) in [5.41, 5.74) is 5.69. The first kappa shape index (κ1) is 27.1. The Morgan fingerprint density at radius 1 is 1.02 bits per heavy atom. The van der Waals surface area contributed by atoms with Crippen LogP contribution in [0.25, 0.3) is 5.65 Å². The van der Waals surface area contributed by atoms with Gasteiger partial charge in [-0.05, 0) is 79.3 Å². The van der Waals surface area contributed by atoms with Crippen LogP contribution in [0.1, 0.15) is 57.8 Å². The largest absolute Gasteiger partial charge is 0.385 e. The van der Waals surface area contributed by atoms with Crippen LogP contribution in [-0.2, 0) is 18.4 Å². The number of fused-ring (bicyclic) bond motifs is 1. The highest BCUT2D eigenvalue weighted by atomic mass is 35.5. The van der Waals surface area contributed by atoms with Crippen LogP contribution in [0, 0.1) is 6.92 Å². The van der Waals surface area contributed by atoms with Crippen molar-refractivity contribution in [2.45, 2.75) is 44.6 Å². The SMILES string of the molecule is Cc1ccnc(CCC(=O)c2ccc(Cc3nc4c(N5CCC(O)(c6ccc(Cl)cc6)CC5)cccn4n3)cc2)c1. The number of Topliss-reactive ketones (excluding diaryl/α,β-unsaturated/α-hetero) is 1. The summed E-state index contributed by atoms with van der Waals surface area (Å²) in [6.45, 7) is 3.44. The van der Waals surface area contributed by atoms with Crippen molar-refractivity contribution in [3.05, 3.63) is 124 Å². The maximum absolute atomic E-state index is 12.7. The van der Waals surface area contributed by atoms with Gasteiger partial charge in [0.15, 0.2) is 17.3 Å². The number of rotatable bonds is 8. The Morgan fingerprint density at radius 3 is 2.51 bits per heavy atom. The Bertz CT molecular complexity index is 1670. The molecule has 0 radical (unpaired) electrons. The molecule has 1 fully saturated rings. The van der Waals surface area contributed by atoms with Gasteiger partial charge in [-0.1, -0.05) is 48.0 Å². The number of aliphatic hydroxyl groups is 1. The van der Waals surface area contributed by atoms with E-state index in [2.05, 4.69) is 16.0 Å². The van der Waals surface area contributed by atoms with Crippen LogP contribution >= 0.6 is 11.6 Å². The minimum absolute atomic E-state index is 0.111. The molecule has 8 heteroatoms. The quantitative estimate of drug-likeness (QED) is 0.233. The molecule has 1 aliphatic heterocycles. The van der Waals surface area contributed by atoms with E-state index in [0.29, 0.717) is 55.8 Å². The molecule has 0 aliphatic carbocycles. The third kappa shape index (κ3) is 6.01. The molecule has 208 valence electrons. The molecule has 5 aromatic rings. The van der Waals surface area contributed by atoms with Gasteiger partial charge in [0.2, 0.25) is 0 Å². The first-order valence-corrected chi connectivity index (χ1v) is 14.4. The fraction of sp³-hybridized carbons (Fsp3) is 0.273. The predicted octanol–water partition coefficient (Wildman–Crippen LogP) is 5.98. The van der Waals surface area contributed by atoms with Gasteiger partial charge in [-0.3, -0.25) is 9.78 Å². The topological polar surface area (TPSA) is 83.6 Å². The molecular weight excluding hydrogens is 534 g/mol. The predicted molar refractivity (Wildman–Crippen MR) is 161 cm³/mol. The van der Waals surface area contributed by atoms with Crippen molar-refractivity contribution in [3.63, 3.8) is 0 Å². The lowest BCUT2D eigenvalue weighted by Gasteiger charge is -2.39. The average molecular weight is 566 g/mol. The summed E-state index contributed by atoms with van der Waals surface area (Å²) in [5.74, 6) is 0.830. The Hall–Kier alpha value is -4.07. The highest BCUT2D eigenvalue weighted by molar-refractivity contribution is 6.30. The zero-order valence-corrected chi connectivity index (χ0v) is 23.8. The Morgan fingerprint density at radius 2 is 1.78 bits per heavy atom. The monoisotopic (exact) mass is 565 g/mol. The lowest BCUT2D eigenvalue weighted by molar-refractivity contribution is 0.0118. The Kier molecular flexibility index (Phi) is 7.56. The van der Waals surface area contributed by atoms with E-state index in [1.807, 2.05) is 84.4 Å². The van der Waals surface area contributed by atoms with Crippen LogP contribution in [0.2, 0.25) is 5.02 Å². The summed E-state index contributed by atoms with van der Waals surface area (Å²) >= 11 is 6.04. The molecule has 4 heterocycles. The minimum atomic E-state index is -0.865. The van der Waals surface area contributed by atoms with Crippen molar-refractivity contribution in [2.24, 2.45) is 0 Å². The number of aromatic nitrogens is 4. The lowest BCUT2D eigenvalue weighted by atomic mass is 9.84. The molecule has 7 nitrogen and oxygen atoms in total. The first-order chi connectivity index (χ1) is 19.9. The molecule has 41 heavy (non-hydrogen) atoms. The van der Waals surface area contributed by atoms with Crippen LogP contribution in [0.15, 0.2) is 85.2 Å². The highest BCUT2D eigenvalue weighted by Crippen LogP contribution is 2.35. The molecule has 1 aliphatic rings. The van der Waals surface area contributed by atoms with Crippen LogP contribution in [0.4, 0.5) is 5.69 Å². The zero-order valence-electron chi connectivity index (χ0n) is 23.0. The second-order valence-electron chi connectivity index (χ2n) is 10.8. The number of hydrogen-bond donors (Lipinski definition) is 1. The van der Waals surface area contributed by atoms with Crippen molar-refractivity contribution in [2.75, 3.05) is 18.0 Å². The standard InChI is InChI=1S/C33H32ClN5O2/c1-23-14-17-35-28(21-23)12-13-30(40)25-6-4-24(5-7-25)22-31-36-32-29(3-2-18-39(32)37-31)38-19-15-33(41,16-20-38)26-8-10-27(34)11-9-26/h2-11,14,17-18,21,41H,12-13,15-16,19-20,22H2,1H3. The summed E-state index contributed by atoms with van der Waals surface area (Å²) in [4.78, 5) is 24.2. The number of carbonyl (C=O) groups is 1. The molecule has 3 aromatic heterocycles. The van der Waals surface area contributed by atoms with Gasteiger partial charge in [-0.2, -0.15) is 5.10 Å². The zero-order chi connectivity index (χ0) is 28.4. The number of pyridine rings is 2. The number of nitrogens with zero attached hydrogens (tertiary/aromatic N) is 5. The molecule has 6 rings (SSSR count). The third-order valence-electron chi connectivity index (χ3n) is 7.92. The fourth-order valence-corrected chi connectivity index (χ4v) is 5.66. The smallest absolute Gasteiger partial charge is 0.178 e. The van der Waals surface area contributed by atoms with Crippen LogP contribution in [-0.4, -0.2) is 43.6 Å². The van der Waals surface area contributed by atoms with Gasteiger partial charge in [-0.15, -0.1) is 0 Å². The highest BCUT2D eigenvalue weighted by Gasteiger charge is 2.34. The maximum atomic E-state index is 12.7. The van der Waals surface area contributed by atoms with Gasteiger partial charge in [-0.25, -0.2) is 9.50 Å². The number of hydrogen-bond acceptors (Lipinski definition) is 6. The van der Waals surface area contributed by atoms with E-state index >= 15 is 0 Å². The van der Waals surface area contributed by atoms with E-state index in [9.17, 15) is 9.90 Å². The molecule has 2 aromatic carbocycles. The van der Waals surface area contributed by atoms with Crippen molar-refractivity contribution < 1.29 is 9.90 Å². The molecule has 0 saturated carbocycles. The summed E-state index contributed by atoms with van der Waals surface area (Å²) < 4.78 is 1.82. The van der Waals surface area contributed by atoms with Gasteiger partial charge >= 0.3 is 0 Å². The number of ketones is 1. The Labute approximate surface area is 244 Å². The van der Waals surface area contributed by atoms with E-state index in [1.54, 1.807) is 6.20 Å². The normalized spacial score (nSPS) is 14.9. The van der Waals surface area contributed by atoms with E-state index < -0.39 is 5.60 Å². The number of anilines is 1. The number of aryl methyl sites for hydroxylation is 2. The van der Waals surface area contributed by atoms with Crippen molar-refractivity contribution >= 4 is 28.7 Å². The summed E-state index contributed by atoms with van der Waals surface area (Å²) in [5, 5.41) is 16.7. The van der Waals surface area contributed by atoms with Gasteiger partial charge in [0.1, 0.15) is 0 Å². The number of halogens is 1. The van der Waals surface area contributed by atoms with Gasteiger partial charge in [0, 0.05) is 54.6 Å². The second-order valence-corrected chi connectivity index (χ2v) is 11.3. The van der Waals surface area contributed by atoms with Crippen molar-refractivity contribution in [1.29, 1.82) is 0 Å². The van der Waals surface area contributed by atoms with Crippen molar-refractivity contribution in [1.82, 2.24) is 19.6 Å². The molecule has 0 amide bonds. The van der Waals surface area contributed by atoms with Gasteiger partial charge in [0.25, 0.3) is 0 Å². The maximum Gasteiger partial charge on any atom is 0.178 e. The number of carbonyl (C=O) groups excluding carboxylic acids is 1. The van der Waals surface area contributed by atoms with Crippen molar-refractivity contribution in [3.8, 4) is 0 Å². The Balaban J connectivity index is 1.11. The molecule has 0 spiro atoms. The van der Waals surface area contributed by atoms with E-state index in [-0.39, 0.29) is 5.78 Å². The average Bonchev–Trinajstić information content (AvgIpc) is 3.40. The minimum Gasteiger partial charge on any atom is -0.385 e. The molecule has 1 N–H and O–H groups in total. The van der Waals surface area contributed by atoms with Crippen LogP contribution in [0.3, 0.4) is 0 Å². The fourth-order valence-electron chi connectivity index (χ4n) is 5.54. The summed E-state index contributed by atoms with van der Waals surface area (Å²) in [6.07, 6.45) is 6.56. The van der Waals surface area contributed by atoms with Crippen LogP contribution in [0.5, 0.6) is 0 Å². The molecule has 0 bridgehead atoms. The first-order valence-electron chi connectivity index (χ1n) is 14.0. The number of piperidine rings is 1.